The number of hydrogen-bond donors (Lipinski definition) is 2. The topological polar surface area (TPSA) is 133 Å². The standard InChI is InChI=1S/C23H26ClF3N4O6S2/c1-14(21(32)30-9-2-3-18(13-30)28-39(36,37)23(25,26)27)31-10-8-20(22(31)33)29-38(34,35)19-7-5-15-11-17(24)6-4-16(15)12-19/h4-7,11-12,14,18,20,28-29H,2-3,8-10,13H2,1H3/t14-,18?,20-/m0/s1. The highest BCUT2D eigenvalue weighted by molar-refractivity contribution is 7.90. The Kier molecular flexibility index (Phi) is 8.21. The molecule has 4 rings (SSSR count). The Hall–Kier alpha value is -2.46. The second-order valence-corrected chi connectivity index (χ2v) is 13.4. The average molecular weight is 611 g/mol. The zero-order chi connectivity index (χ0) is 28.8. The van der Waals surface area contributed by atoms with Gasteiger partial charge in [0.25, 0.3) is 0 Å². The van der Waals surface area contributed by atoms with Crippen molar-refractivity contribution < 1.29 is 39.6 Å². The summed E-state index contributed by atoms with van der Waals surface area (Å²) in [6.07, 6.45) is 0.479. The van der Waals surface area contributed by atoms with Gasteiger partial charge < -0.3 is 9.80 Å². The smallest absolute Gasteiger partial charge is 0.339 e. The van der Waals surface area contributed by atoms with Gasteiger partial charge in [-0.05, 0) is 61.2 Å². The van der Waals surface area contributed by atoms with E-state index >= 15 is 0 Å². The highest BCUT2D eigenvalue weighted by atomic mass is 35.5. The molecule has 0 aliphatic carbocycles. The highest BCUT2D eigenvalue weighted by Gasteiger charge is 2.47. The lowest BCUT2D eigenvalue weighted by Gasteiger charge is -2.36. The van der Waals surface area contributed by atoms with Gasteiger partial charge in [0, 0.05) is 30.7 Å². The summed E-state index contributed by atoms with van der Waals surface area (Å²) in [7, 11) is -9.66. The van der Waals surface area contributed by atoms with Gasteiger partial charge in [-0.15, -0.1) is 0 Å². The first-order valence-corrected chi connectivity index (χ1v) is 15.3. The number of sulfonamides is 2. The lowest BCUT2D eigenvalue weighted by Crippen LogP contribution is -2.56. The number of nitrogens with zero attached hydrogens (tertiary/aromatic N) is 2. The maximum Gasteiger partial charge on any atom is 0.511 e. The summed E-state index contributed by atoms with van der Waals surface area (Å²) in [4.78, 5) is 28.5. The molecule has 2 heterocycles. The van der Waals surface area contributed by atoms with E-state index in [0.717, 1.165) is 5.39 Å². The quantitative estimate of drug-likeness (QED) is 0.494. The minimum absolute atomic E-state index is 0.0478. The summed E-state index contributed by atoms with van der Waals surface area (Å²) in [5.41, 5.74) is -5.47. The second kappa shape index (κ2) is 10.8. The summed E-state index contributed by atoms with van der Waals surface area (Å²) in [6.45, 7) is 1.41. The van der Waals surface area contributed by atoms with Crippen molar-refractivity contribution in [3.8, 4) is 0 Å². The summed E-state index contributed by atoms with van der Waals surface area (Å²) in [5, 5.41) is 1.88. The number of carbonyl (C=O) groups is 2. The summed E-state index contributed by atoms with van der Waals surface area (Å²) in [5.74, 6) is -1.19. The van der Waals surface area contributed by atoms with E-state index in [0.29, 0.717) is 10.4 Å². The Labute approximate surface area is 228 Å². The number of hydrogen-bond acceptors (Lipinski definition) is 6. The van der Waals surface area contributed by atoms with Crippen molar-refractivity contribution in [1.29, 1.82) is 0 Å². The van der Waals surface area contributed by atoms with E-state index in [-0.39, 0.29) is 43.8 Å². The lowest BCUT2D eigenvalue weighted by molar-refractivity contribution is -0.144. The van der Waals surface area contributed by atoms with Crippen LogP contribution in [0.1, 0.15) is 26.2 Å². The van der Waals surface area contributed by atoms with Gasteiger partial charge in [-0.25, -0.2) is 21.6 Å². The van der Waals surface area contributed by atoms with Crippen LogP contribution in [0.4, 0.5) is 13.2 Å². The molecule has 2 fully saturated rings. The van der Waals surface area contributed by atoms with Crippen LogP contribution in [0.3, 0.4) is 0 Å². The van der Waals surface area contributed by atoms with Crippen LogP contribution in [0.25, 0.3) is 10.8 Å². The van der Waals surface area contributed by atoms with Crippen LogP contribution in [0.15, 0.2) is 41.3 Å². The maximum atomic E-state index is 13.1. The van der Waals surface area contributed by atoms with Crippen molar-refractivity contribution in [2.75, 3.05) is 19.6 Å². The molecule has 16 heteroatoms. The Morgan fingerprint density at radius 3 is 2.38 bits per heavy atom. The number of carbonyl (C=O) groups excluding carboxylic acids is 2. The molecule has 0 saturated carbocycles. The fourth-order valence-electron chi connectivity index (χ4n) is 4.77. The highest BCUT2D eigenvalue weighted by Crippen LogP contribution is 2.26. The van der Waals surface area contributed by atoms with Crippen LogP contribution in [0.2, 0.25) is 5.02 Å². The van der Waals surface area contributed by atoms with Gasteiger partial charge in [-0.3, -0.25) is 9.59 Å². The molecule has 2 amide bonds. The van der Waals surface area contributed by atoms with Gasteiger partial charge in [-0.1, -0.05) is 23.7 Å². The number of benzene rings is 2. The third kappa shape index (κ3) is 6.32. The molecule has 2 N–H and O–H groups in total. The molecule has 214 valence electrons. The Balaban J connectivity index is 1.40. The molecule has 2 saturated heterocycles. The molecule has 0 bridgehead atoms. The predicted octanol–water partition coefficient (Wildman–Crippen LogP) is 2.19. The van der Waals surface area contributed by atoms with Crippen LogP contribution >= 0.6 is 11.6 Å². The first-order valence-electron chi connectivity index (χ1n) is 12.0. The van der Waals surface area contributed by atoms with Crippen LogP contribution < -0.4 is 9.44 Å². The normalized spacial score (nSPS) is 21.9. The molecule has 2 aliphatic heterocycles. The van der Waals surface area contributed by atoms with Gasteiger partial charge in [0.15, 0.2) is 0 Å². The van der Waals surface area contributed by atoms with Gasteiger partial charge in [0.2, 0.25) is 21.8 Å². The molecule has 2 aromatic rings. The van der Waals surface area contributed by atoms with Crippen molar-refractivity contribution in [2.45, 2.75) is 54.7 Å². The minimum atomic E-state index is -5.58. The molecule has 10 nitrogen and oxygen atoms in total. The Morgan fingerprint density at radius 1 is 1.03 bits per heavy atom. The minimum Gasteiger partial charge on any atom is -0.339 e. The number of rotatable bonds is 7. The summed E-state index contributed by atoms with van der Waals surface area (Å²) < 4.78 is 91.1. The summed E-state index contributed by atoms with van der Waals surface area (Å²) >= 11 is 5.97. The van der Waals surface area contributed by atoms with Crippen molar-refractivity contribution in [3.05, 3.63) is 41.4 Å². The molecule has 2 aromatic carbocycles. The average Bonchev–Trinajstić information content (AvgIpc) is 3.21. The van der Waals surface area contributed by atoms with E-state index in [2.05, 4.69) is 4.72 Å². The van der Waals surface area contributed by atoms with E-state index in [1.54, 1.807) is 29.0 Å². The van der Waals surface area contributed by atoms with E-state index in [1.807, 2.05) is 0 Å². The SMILES string of the molecule is C[C@@H](C(=O)N1CCCC(NS(=O)(=O)C(F)(F)F)C1)N1CC[C@H](NS(=O)(=O)c2ccc3cc(Cl)ccc3c2)C1=O. The van der Waals surface area contributed by atoms with Crippen molar-refractivity contribution >= 4 is 54.2 Å². The van der Waals surface area contributed by atoms with E-state index in [9.17, 15) is 39.6 Å². The first-order chi connectivity index (χ1) is 18.1. The molecular formula is C23H26ClF3N4O6S2. The first kappa shape index (κ1) is 29.5. The van der Waals surface area contributed by atoms with Crippen LogP contribution in [-0.4, -0.2) is 81.7 Å². The van der Waals surface area contributed by atoms with Gasteiger partial charge in [0.05, 0.1) is 4.90 Å². The number of amides is 2. The number of piperidine rings is 1. The Bertz CT molecular complexity index is 1500. The number of likely N-dealkylation sites (tertiary alicyclic amines) is 2. The molecule has 0 radical (unpaired) electrons. The van der Waals surface area contributed by atoms with Gasteiger partial charge in [0.1, 0.15) is 12.1 Å². The molecule has 0 aromatic heterocycles. The fourth-order valence-corrected chi connectivity index (χ4v) is 6.97. The number of halogens is 4. The molecule has 1 unspecified atom stereocenters. The number of nitrogens with one attached hydrogen (secondary N) is 2. The third-order valence-electron chi connectivity index (χ3n) is 6.81. The van der Waals surface area contributed by atoms with Crippen molar-refractivity contribution in [2.24, 2.45) is 0 Å². The fraction of sp³-hybridized carbons (Fsp3) is 0.478. The number of fused-ring (bicyclic) bond motifs is 1. The zero-order valence-corrected chi connectivity index (χ0v) is 23.0. The molecule has 3 atom stereocenters. The molecule has 39 heavy (non-hydrogen) atoms. The van der Waals surface area contributed by atoms with Gasteiger partial charge in [-0.2, -0.15) is 17.9 Å². The van der Waals surface area contributed by atoms with E-state index in [4.69, 9.17) is 11.6 Å². The van der Waals surface area contributed by atoms with Crippen LogP contribution in [0.5, 0.6) is 0 Å². The molecule has 2 aliphatic rings. The van der Waals surface area contributed by atoms with Crippen LogP contribution in [0, 0.1) is 0 Å². The molecule has 0 spiro atoms. The lowest BCUT2D eigenvalue weighted by atomic mass is 10.1. The second-order valence-electron chi connectivity index (χ2n) is 9.51. The van der Waals surface area contributed by atoms with Crippen molar-refractivity contribution in [3.63, 3.8) is 0 Å². The molecular weight excluding hydrogens is 585 g/mol. The monoisotopic (exact) mass is 610 g/mol. The zero-order valence-electron chi connectivity index (χ0n) is 20.6. The Morgan fingerprint density at radius 2 is 1.69 bits per heavy atom. The van der Waals surface area contributed by atoms with E-state index < -0.39 is 55.5 Å². The number of alkyl halides is 3. The largest absolute Gasteiger partial charge is 0.511 e. The predicted molar refractivity (Wildman–Crippen MR) is 137 cm³/mol. The van der Waals surface area contributed by atoms with Gasteiger partial charge >= 0.3 is 15.5 Å². The van der Waals surface area contributed by atoms with Crippen molar-refractivity contribution in [1.82, 2.24) is 19.2 Å². The summed E-state index contributed by atoms with van der Waals surface area (Å²) in [6, 6.07) is 6.16. The third-order valence-corrected chi connectivity index (χ3v) is 9.76. The maximum absolute atomic E-state index is 13.1. The van der Waals surface area contributed by atoms with Crippen LogP contribution in [-0.2, 0) is 29.6 Å². The van der Waals surface area contributed by atoms with E-state index in [1.165, 1.54) is 28.9 Å².